The molecule has 1 aliphatic heterocycles. The normalized spacial score (nSPS) is 12.7. The first-order valence-electron chi connectivity index (χ1n) is 11.0. The third-order valence-electron chi connectivity index (χ3n) is 5.39. The molecule has 0 aromatic heterocycles. The summed E-state index contributed by atoms with van der Waals surface area (Å²) < 4.78 is 10.6. The minimum Gasteiger partial charge on any atom is -0.454 e. The average Bonchev–Trinajstić information content (AvgIpc) is 3.36. The molecule has 0 radical (unpaired) electrons. The molecule has 0 aliphatic carbocycles. The summed E-state index contributed by atoms with van der Waals surface area (Å²) in [7, 11) is 0. The van der Waals surface area contributed by atoms with Crippen LogP contribution in [0.5, 0.6) is 11.5 Å². The average molecular weight is 489 g/mol. The van der Waals surface area contributed by atoms with E-state index in [0.29, 0.717) is 22.9 Å². The van der Waals surface area contributed by atoms with E-state index in [1.165, 1.54) is 30.3 Å². The standard InChI is InChI=1S/C26H24N4O6/c27-19-7-1-16(2-8-19)13-21(26(33)28-20-9-5-18(6-10-20)25(32)30-34)29-24(31)12-4-17-3-11-22-23(14-17)36-15-35-22/h1-12,14,21,34H,13,15,27H2,(H,28,33)(H,29,31)(H,30,32)/b12-4+. The zero-order valence-corrected chi connectivity index (χ0v) is 19.1. The number of hydrogen-bond donors (Lipinski definition) is 5. The Balaban J connectivity index is 1.46. The number of nitrogens with one attached hydrogen (secondary N) is 3. The second-order valence-corrected chi connectivity index (χ2v) is 7.96. The third kappa shape index (κ3) is 6.19. The first-order valence-corrected chi connectivity index (χ1v) is 11.0. The van der Waals surface area contributed by atoms with Gasteiger partial charge in [0.15, 0.2) is 11.5 Å². The molecule has 10 nitrogen and oxygen atoms in total. The molecule has 3 amide bonds. The molecule has 184 valence electrons. The van der Waals surface area contributed by atoms with Crippen LogP contribution in [0, 0.1) is 0 Å². The number of ether oxygens (including phenoxy) is 2. The maximum absolute atomic E-state index is 13.1. The van der Waals surface area contributed by atoms with Gasteiger partial charge in [0.05, 0.1) is 0 Å². The van der Waals surface area contributed by atoms with E-state index in [2.05, 4.69) is 10.6 Å². The Kier molecular flexibility index (Phi) is 7.47. The summed E-state index contributed by atoms with van der Waals surface area (Å²) in [6, 6.07) is 17.3. The van der Waals surface area contributed by atoms with Crippen molar-refractivity contribution in [2.75, 3.05) is 17.8 Å². The van der Waals surface area contributed by atoms with Crippen molar-refractivity contribution in [3.63, 3.8) is 0 Å². The number of hydroxylamine groups is 1. The highest BCUT2D eigenvalue weighted by molar-refractivity contribution is 6.00. The monoisotopic (exact) mass is 488 g/mol. The summed E-state index contributed by atoms with van der Waals surface area (Å²) in [6.45, 7) is 0.155. The van der Waals surface area contributed by atoms with Gasteiger partial charge in [-0.2, -0.15) is 0 Å². The third-order valence-corrected chi connectivity index (χ3v) is 5.39. The Hall–Kier alpha value is -4.83. The van der Waals surface area contributed by atoms with Gasteiger partial charge in [0.25, 0.3) is 5.91 Å². The van der Waals surface area contributed by atoms with Crippen LogP contribution in [-0.4, -0.2) is 35.8 Å². The van der Waals surface area contributed by atoms with Gasteiger partial charge in [0.2, 0.25) is 18.6 Å². The molecule has 1 aliphatic rings. The number of rotatable bonds is 8. The quantitative estimate of drug-likeness (QED) is 0.141. The number of benzene rings is 3. The zero-order chi connectivity index (χ0) is 25.5. The predicted octanol–water partition coefficient (Wildman–Crippen LogP) is 2.50. The van der Waals surface area contributed by atoms with Gasteiger partial charge in [-0.05, 0) is 65.7 Å². The van der Waals surface area contributed by atoms with Crippen molar-refractivity contribution in [3.8, 4) is 11.5 Å². The largest absolute Gasteiger partial charge is 0.454 e. The molecular weight excluding hydrogens is 464 g/mol. The van der Waals surface area contributed by atoms with Crippen LogP contribution in [0.4, 0.5) is 11.4 Å². The van der Waals surface area contributed by atoms with Crippen molar-refractivity contribution in [2.45, 2.75) is 12.5 Å². The molecular formula is C26H24N4O6. The highest BCUT2D eigenvalue weighted by Gasteiger charge is 2.21. The number of hydrogen-bond acceptors (Lipinski definition) is 7. The van der Waals surface area contributed by atoms with Gasteiger partial charge in [-0.1, -0.05) is 18.2 Å². The molecule has 6 N–H and O–H groups in total. The van der Waals surface area contributed by atoms with Gasteiger partial charge in [-0.25, -0.2) is 5.48 Å². The molecule has 3 aromatic carbocycles. The van der Waals surface area contributed by atoms with Crippen LogP contribution in [0.15, 0.2) is 72.8 Å². The SMILES string of the molecule is Nc1ccc(CC(NC(=O)/C=C/c2ccc3c(c2)OCO3)C(=O)Nc2ccc(C(=O)NO)cc2)cc1. The summed E-state index contributed by atoms with van der Waals surface area (Å²) >= 11 is 0. The maximum Gasteiger partial charge on any atom is 0.274 e. The van der Waals surface area contributed by atoms with Crippen LogP contribution in [0.3, 0.4) is 0 Å². The molecule has 3 aromatic rings. The fourth-order valence-electron chi connectivity index (χ4n) is 3.51. The van der Waals surface area contributed by atoms with Gasteiger partial charge in [-0.15, -0.1) is 0 Å². The fraction of sp³-hybridized carbons (Fsp3) is 0.115. The second-order valence-electron chi connectivity index (χ2n) is 7.96. The Morgan fingerprint density at radius 3 is 2.42 bits per heavy atom. The number of anilines is 2. The molecule has 0 saturated carbocycles. The van der Waals surface area contributed by atoms with Crippen molar-refractivity contribution in [1.82, 2.24) is 10.8 Å². The summed E-state index contributed by atoms with van der Waals surface area (Å²) in [4.78, 5) is 37.3. The van der Waals surface area contributed by atoms with E-state index in [1.54, 1.807) is 54.0 Å². The Morgan fingerprint density at radius 1 is 0.972 bits per heavy atom. The van der Waals surface area contributed by atoms with Crippen molar-refractivity contribution >= 4 is 35.2 Å². The number of fused-ring (bicyclic) bond motifs is 1. The highest BCUT2D eigenvalue weighted by atomic mass is 16.7. The van der Waals surface area contributed by atoms with Crippen LogP contribution >= 0.6 is 0 Å². The maximum atomic E-state index is 13.1. The number of carbonyl (C=O) groups excluding carboxylic acids is 3. The van der Waals surface area contributed by atoms with Crippen LogP contribution < -0.4 is 31.3 Å². The van der Waals surface area contributed by atoms with Gasteiger partial charge in [0, 0.05) is 29.4 Å². The van der Waals surface area contributed by atoms with Gasteiger partial charge < -0.3 is 25.8 Å². The van der Waals surface area contributed by atoms with Crippen molar-refractivity contribution in [1.29, 1.82) is 0 Å². The van der Waals surface area contributed by atoms with E-state index in [1.807, 2.05) is 0 Å². The lowest BCUT2D eigenvalue weighted by Gasteiger charge is -2.18. The number of amides is 3. The van der Waals surface area contributed by atoms with Gasteiger partial charge >= 0.3 is 0 Å². The molecule has 1 atom stereocenters. The molecule has 1 unspecified atom stereocenters. The van der Waals surface area contributed by atoms with E-state index >= 15 is 0 Å². The molecule has 4 rings (SSSR count). The van der Waals surface area contributed by atoms with E-state index in [-0.39, 0.29) is 18.8 Å². The lowest BCUT2D eigenvalue weighted by atomic mass is 10.0. The van der Waals surface area contributed by atoms with E-state index in [9.17, 15) is 14.4 Å². The number of nitrogen functional groups attached to an aromatic ring is 1. The minimum atomic E-state index is -0.900. The first kappa shape index (κ1) is 24.3. The summed E-state index contributed by atoms with van der Waals surface area (Å²) in [6.07, 6.45) is 3.17. The van der Waals surface area contributed by atoms with Crippen LogP contribution in [0.1, 0.15) is 21.5 Å². The highest BCUT2D eigenvalue weighted by Crippen LogP contribution is 2.32. The molecule has 0 fully saturated rings. The molecule has 1 heterocycles. The van der Waals surface area contributed by atoms with Gasteiger partial charge in [0.1, 0.15) is 6.04 Å². The first-order chi connectivity index (χ1) is 17.4. The predicted molar refractivity (Wildman–Crippen MR) is 132 cm³/mol. The molecule has 0 spiro atoms. The Morgan fingerprint density at radius 2 is 1.69 bits per heavy atom. The number of carbonyl (C=O) groups is 3. The van der Waals surface area contributed by atoms with Crippen molar-refractivity contribution < 1.29 is 29.1 Å². The lowest BCUT2D eigenvalue weighted by Crippen LogP contribution is -2.44. The molecule has 36 heavy (non-hydrogen) atoms. The molecule has 0 bridgehead atoms. The smallest absolute Gasteiger partial charge is 0.274 e. The molecule has 0 saturated heterocycles. The number of nitrogens with two attached hydrogens (primary N) is 1. The topological polar surface area (TPSA) is 152 Å². The van der Waals surface area contributed by atoms with Crippen LogP contribution in [0.2, 0.25) is 0 Å². The summed E-state index contributed by atoms with van der Waals surface area (Å²) in [5.41, 5.74) is 10.1. The van der Waals surface area contributed by atoms with E-state index in [0.717, 1.165) is 11.1 Å². The summed E-state index contributed by atoms with van der Waals surface area (Å²) in [5.74, 6) is -0.340. The van der Waals surface area contributed by atoms with Crippen LogP contribution in [-0.2, 0) is 16.0 Å². The Bertz CT molecular complexity index is 1290. The second kappa shape index (κ2) is 11.1. The zero-order valence-electron chi connectivity index (χ0n) is 19.1. The van der Waals surface area contributed by atoms with Crippen molar-refractivity contribution in [3.05, 3.63) is 89.5 Å². The Labute approximate surface area is 206 Å². The lowest BCUT2D eigenvalue weighted by molar-refractivity contribution is -0.123. The minimum absolute atomic E-state index is 0.155. The van der Waals surface area contributed by atoms with Crippen LogP contribution in [0.25, 0.3) is 6.08 Å². The summed E-state index contributed by atoms with van der Waals surface area (Å²) in [5, 5.41) is 14.2. The van der Waals surface area contributed by atoms with Crippen molar-refractivity contribution in [2.24, 2.45) is 0 Å². The van der Waals surface area contributed by atoms with E-state index < -0.39 is 23.8 Å². The molecule has 10 heteroatoms. The fourth-order valence-corrected chi connectivity index (χ4v) is 3.51. The van der Waals surface area contributed by atoms with E-state index in [4.69, 9.17) is 20.4 Å². The van der Waals surface area contributed by atoms with Gasteiger partial charge in [-0.3, -0.25) is 19.6 Å².